The molecule has 4 heteroatoms. The summed E-state index contributed by atoms with van der Waals surface area (Å²) in [5.41, 5.74) is 7.68. The van der Waals surface area contributed by atoms with Crippen molar-refractivity contribution in [3.8, 4) is 17.2 Å². The van der Waals surface area contributed by atoms with E-state index in [1.54, 1.807) is 19.5 Å². The molecule has 0 atom stereocenters. The van der Waals surface area contributed by atoms with Gasteiger partial charge >= 0.3 is 0 Å². The van der Waals surface area contributed by atoms with Crippen LogP contribution in [-0.2, 0) is 6.54 Å². The van der Waals surface area contributed by atoms with Gasteiger partial charge in [0.2, 0.25) is 0 Å². The summed E-state index contributed by atoms with van der Waals surface area (Å²) >= 11 is 0. The van der Waals surface area contributed by atoms with Crippen molar-refractivity contribution in [3.63, 3.8) is 0 Å². The zero-order valence-corrected chi connectivity index (χ0v) is 10.5. The molecule has 0 saturated carbocycles. The van der Waals surface area contributed by atoms with Crippen molar-refractivity contribution in [1.82, 2.24) is 4.98 Å². The molecular formula is C14H16N2O2. The van der Waals surface area contributed by atoms with Crippen molar-refractivity contribution in [3.05, 3.63) is 47.8 Å². The van der Waals surface area contributed by atoms with Gasteiger partial charge in [0.05, 0.1) is 13.3 Å². The van der Waals surface area contributed by atoms with E-state index in [4.69, 9.17) is 15.2 Å². The Kier molecular flexibility index (Phi) is 3.79. The fourth-order valence-corrected chi connectivity index (χ4v) is 1.65. The minimum absolute atomic E-state index is 0.409. The number of pyridine rings is 1. The van der Waals surface area contributed by atoms with Crippen molar-refractivity contribution >= 4 is 0 Å². The van der Waals surface area contributed by atoms with Crippen LogP contribution in [0.5, 0.6) is 17.2 Å². The van der Waals surface area contributed by atoms with Crippen LogP contribution < -0.4 is 15.2 Å². The van der Waals surface area contributed by atoms with Crippen LogP contribution in [0.4, 0.5) is 0 Å². The van der Waals surface area contributed by atoms with E-state index in [1.165, 1.54) is 0 Å². The number of hydrogen-bond acceptors (Lipinski definition) is 4. The summed E-state index contributed by atoms with van der Waals surface area (Å²) in [5.74, 6) is 2.01. The maximum atomic E-state index is 5.81. The molecular weight excluding hydrogens is 228 g/mol. The molecule has 4 nitrogen and oxygen atoms in total. The molecule has 0 aliphatic heterocycles. The van der Waals surface area contributed by atoms with E-state index >= 15 is 0 Å². The van der Waals surface area contributed by atoms with E-state index in [1.807, 2.05) is 31.2 Å². The quantitative estimate of drug-likeness (QED) is 0.898. The smallest absolute Gasteiger partial charge is 0.169 e. The van der Waals surface area contributed by atoms with Crippen molar-refractivity contribution in [2.24, 2.45) is 5.73 Å². The second kappa shape index (κ2) is 5.51. The van der Waals surface area contributed by atoms with Crippen LogP contribution in [-0.4, -0.2) is 12.1 Å². The van der Waals surface area contributed by atoms with Gasteiger partial charge in [0.25, 0.3) is 0 Å². The number of hydrogen-bond donors (Lipinski definition) is 1. The van der Waals surface area contributed by atoms with Crippen molar-refractivity contribution in [1.29, 1.82) is 0 Å². The Bertz CT molecular complexity index is 541. The molecule has 1 aromatic carbocycles. The molecule has 0 aliphatic rings. The molecule has 0 radical (unpaired) electrons. The van der Waals surface area contributed by atoms with Gasteiger partial charge in [0, 0.05) is 18.3 Å². The molecule has 1 heterocycles. The second-order valence-corrected chi connectivity index (χ2v) is 3.94. The fourth-order valence-electron chi connectivity index (χ4n) is 1.65. The first kappa shape index (κ1) is 12.4. The van der Waals surface area contributed by atoms with E-state index in [2.05, 4.69) is 4.98 Å². The molecule has 0 spiro atoms. The first-order valence-electron chi connectivity index (χ1n) is 5.70. The van der Waals surface area contributed by atoms with Gasteiger partial charge in [-0.05, 0) is 30.7 Å². The summed E-state index contributed by atoms with van der Waals surface area (Å²) in [6.07, 6.45) is 3.35. The van der Waals surface area contributed by atoms with Crippen LogP contribution in [0.2, 0.25) is 0 Å². The van der Waals surface area contributed by atoms with Gasteiger partial charge in [0.1, 0.15) is 5.75 Å². The van der Waals surface area contributed by atoms with E-state index in [0.29, 0.717) is 23.8 Å². The third-order valence-corrected chi connectivity index (χ3v) is 2.63. The number of aryl methyl sites for hydroxylation is 1. The number of rotatable bonds is 4. The highest BCUT2D eigenvalue weighted by Gasteiger charge is 2.08. The molecule has 2 N–H and O–H groups in total. The molecule has 0 aliphatic carbocycles. The maximum Gasteiger partial charge on any atom is 0.169 e. The molecule has 18 heavy (non-hydrogen) atoms. The number of nitrogens with two attached hydrogens (primary N) is 1. The summed E-state index contributed by atoms with van der Waals surface area (Å²) in [7, 11) is 1.62. The summed E-state index contributed by atoms with van der Waals surface area (Å²) < 4.78 is 11.1. The Morgan fingerprint density at radius 1 is 1.17 bits per heavy atom. The molecule has 2 rings (SSSR count). The summed E-state index contributed by atoms with van der Waals surface area (Å²) in [6, 6.07) is 7.61. The standard InChI is InChI=1S/C14H16N2O2/c1-10-3-4-12(13(7-10)17-2)18-14-9-16-6-5-11(14)8-15/h3-7,9H,8,15H2,1-2H3. The van der Waals surface area contributed by atoms with Crippen molar-refractivity contribution in [2.75, 3.05) is 7.11 Å². The SMILES string of the molecule is COc1cc(C)ccc1Oc1cnccc1CN. The number of aromatic nitrogens is 1. The van der Waals surface area contributed by atoms with Crippen molar-refractivity contribution < 1.29 is 9.47 Å². The second-order valence-electron chi connectivity index (χ2n) is 3.94. The Hall–Kier alpha value is -2.07. The molecule has 0 fully saturated rings. The number of benzene rings is 1. The first-order chi connectivity index (χ1) is 8.74. The van der Waals surface area contributed by atoms with Gasteiger partial charge < -0.3 is 15.2 Å². The largest absolute Gasteiger partial charge is 0.493 e. The van der Waals surface area contributed by atoms with E-state index < -0.39 is 0 Å². The minimum atomic E-state index is 0.409. The summed E-state index contributed by atoms with van der Waals surface area (Å²) in [5, 5.41) is 0. The van der Waals surface area contributed by atoms with Gasteiger partial charge in [-0.25, -0.2) is 0 Å². The monoisotopic (exact) mass is 244 g/mol. The zero-order chi connectivity index (χ0) is 13.0. The van der Waals surface area contributed by atoms with Crippen LogP contribution >= 0.6 is 0 Å². The molecule has 0 saturated heterocycles. The molecule has 0 bridgehead atoms. The molecule has 94 valence electrons. The zero-order valence-electron chi connectivity index (χ0n) is 10.5. The van der Waals surface area contributed by atoms with Gasteiger partial charge in [-0.1, -0.05) is 6.07 Å². The average molecular weight is 244 g/mol. The third-order valence-electron chi connectivity index (χ3n) is 2.63. The van der Waals surface area contributed by atoms with Gasteiger partial charge in [0.15, 0.2) is 11.5 Å². The predicted octanol–water partition coefficient (Wildman–Crippen LogP) is 2.65. The van der Waals surface area contributed by atoms with Gasteiger partial charge in [-0.3, -0.25) is 4.98 Å². The molecule has 0 unspecified atom stereocenters. The average Bonchev–Trinajstić information content (AvgIpc) is 2.41. The lowest BCUT2D eigenvalue weighted by atomic mass is 10.2. The van der Waals surface area contributed by atoms with Crippen LogP contribution in [0.3, 0.4) is 0 Å². The summed E-state index contributed by atoms with van der Waals surface area (Å²) in [4.78, 5) is 4.04. The molecule has 0 amide bonds. The number of nitrogens with zero attached hydrogens (tertiary/aromatic N) is 1. The summed E-state index contributed by atoms with van der Waals surface area (Å²) in [6.45, 7) is 2.41. The lowest BCUT2D eigenvalue weighted by molar-refractivity contribution is 0.377. The topological polar surface area (TPSA) is 57.4 Å². The maximum absolute atomic E-state index is 5.81. The normalized spacial score (nSPS) is 10.2. The number of methoxy groups -OCH3 is 1. The third kappa shape index (κ3) is 2.60. The van der Waals surface area contributed by atoms with Crippen LogP contribution in [0.25, 0.3) is 0 Å². The van der Waals surface area contributed by atoms with Crippen LogP contribution in [0.1, 0.15) is 11.1 Å². The molecule has 1 aromatic heterocycles. The molecule has 2 aromatic rings. The van der Waals surface area contributed by atoms with E-state index in [-0.39, 0.29) is 0 Å². The Labute approximate surface area is 106 Å². The first-order valence-corrected chi connectivity index (χ1v) is 5.70. The van der Waals surface area contributed by atoms with Crippen LogP contribution in [0, 0.1) is 6.92 Å². The lowest BCUT2D eigenvalue weighted by Gasteiger charge is -2.12. The van der Waals surface area contributed by atoms with Gasteiger partial charge in [-0.2, -0.15) is 0 Å². The van der Waals surface area contributed by atoms with Gasteiger partial charge in [-0.15, -0.1) is 0 Å². The lowest BCUT2D eigenvalue weighted by Crippen LogP contribution is -2.00. The minimum Gasteiger partial charge on any atom is -0.493 e. The fraction of sp³-hybridized carbons (Fsp3) is 0.214. The van der Waals surface area contributed by atoms with E-state index in [0.717, 1.165) is 11.1 Å². The van der Waals surface area contributed by atoms with E-state index in [9.17, 15) is 0 Å². The predicted molar refractivity (Wildman–Crippen MR) is 69.9 cm³/mol. The van der Waals surface area contributed by atoms with Crippen molar-refractivity contribution in [2.45, 2.75) is 13.5 Å². The van der Waals surface area contributed by atoms with Crippen LogP contribution in [0.15, 0.2) is 36.7 Å². The highest BCUT2D eigenvalue weighted by atomic mass is 16.5. The highest BCUT2D eigenvalue weighted by molar-refractivity contribution is 5.46. The Morgan fingerprint density at radius 3 is 2.72 bits per heavy atom. The number of ether oxygens (including phenoxy) is 2. The Balaban J connectivity index is 2.33. The highest BCUT2D eigenvalue weighted by Crippen LogP contribution is 2.33. The Morgan fingerprint density at radius 2 is 2.00 bits per heavy atom.